The smallest absolute Gasteiger partial charge is 0.157 e. The van der Waals surface area contributed by atoms with Gasteiger partial charge in [0.2, 0.25) is 0 Å². The highest BCUT2D eigenvalue weighted by molar-refractivity contribution is 6.32. The van der Waals surface area contributed by atoms with Crippen molar-refractivity contribution in [2.24, 2.45) is 0 Å². The molecule has 0 unspecified atom stereocenters. The van der Waals surface area contributed by atoms with Crippen LogP contribution in [0.3, 0.4) is 0 Å². The van der Waals surface area contributed by atoms with Gasteiger partial charge >= 0.3 is 0 Å². The van der Waals surface area contributed by atoms with Gasteiger partial charge in [0.05, 0.1) is 16.3 Å². The van der Waals surface area contributed by atoms with Crippen molar-refractivity contribution >= 4 is 23.5 Å². The Morgan fingerprint density at radius 1 is 1.42 bits per heavy atom. The average Bonchev–Trinajstić information content (AvgIpc) is 3.13. The molecule has 2 N–H and O–H groups in total. The van der Waals surface area contributed by atoms with Crippen molar-refractivity contribution in [2.75, 3.05) is 19.7 Å². The maximum atomic E-state index is 11.3. The van der Waals surface area contributed by atoms with Crippen molar-refractivity contribution in [2.45, 2.75) is 26.3 Å². The van der Waals surface area contributed by atoms with Crippen LogP contribution in [-0.2, 0) is 0 Å². The van der Waals surface area contributed by atoms with Crippen LogP contribution in [0.4, 0.5) is 0 Å². The van der Waals surface area contributed by atoms with Crippen molar-refractivity contribution in [3.63, 3.8) is 0 Å². The molecule has 0 spiro atoms. The number of ether oxygens (including phenoxy) is 1. The molecule has 1 aromatic heterocycles. The second kappa shape index (κ2) is 7.93. The Labute approximate surface area is 157 Å². The third-order valence-corrected chi connectivity index (χ3v) is 4.75. The number of aldehydes is 1. The fraction of sp³-hybridized carbons (Fsp3) is 0.368. The Hall–Kier alpha value is -2.31. The van der Waals surface area contributed by atoms with Crippen LogP contribution in [0.5, 0.6) is 11.5 Å². The summed E-state index contributed by atoms with van der Waals surface area (Å²) in [6, 6.07) is 5.38. The molecule has 1 aliphatic rings. The molecule has 6 nitrogen and oxygen atoms in total. The molecular formula is C19H22ClN3O3. The van der Waals surface area contributed by atoms with Crippen molar-refractivity contribution in [1.82, 2.24) is 15.1 Å². The van der Waals surface area contributed by atoms with E-state index in [1.54, 1.807) is 12.3 Å². The van der Waals surface area contributed by atoms with Crippen molar-refractivity contribution in [1.29, 1.82) is 0 Å². The summed E-state index contributed by atoms with van der Waals surface area (Å²) in [6.07, 6.45) is 3.20. The minimum Gasteiger partial charge on any atom is -0.505 e. The Balaban J connectivity index is 1.90. The van der Waals surface area contributed by atoms with E-state index in [0.29, 0.717) is 18.6 Å². The molecule has 1 aromatic carbocycles. The first kappa shape index (κ1) is 18.5. The maximum absolute atomic E-state index is 11.3. The minimum absolute atomic E-state index is 0.0702. The number of rotatable bonds is 6. The minimum atomic E-state index is -0.253. The lowest BCUT2D eigenvalue weighted by atomic mass is 9.99. The van der Waals surface area contributed by atoms with Crippen molar-refractivity contribution in [3.05, 3.63) is 46.2 Å². The second-order valence-electron chi connectivity index (χ2n) is 6.48. The number of nitrogens with one attached hydrogen (secondary N) is 1. The first-order chi connectivity index (χ1) is 12.5. The molecule has 1 aliphatic heterocycles. The lowest BCUT2D eigenvalue weighted by molar-refractivity contribution is 0.111. The van der Waals surface area contributed by atoms with Gasteiger partial charge in [-0.1, -0.05) is 11.6 Å². The lowest BCUT2D eigenvalue weighted by Gasteiger charge is -2.23. The normalized spacial score (nSPS) is 14.8. The van der Waals surface area contributed by atoms with Gasteiger partial charge < -0.3 is 15.2 Å². The molecule has 2 aromatic rings. The summed E-state index contributed by atoms with van der Waals surface area (Å²) in [4.78, 5) is 11.3. The summed E-state index contributed by atoms with van der Waals surface area (Å²) in [5, 5.41) is 17.9. The quantitative estimate of drug-likeness (QED) is 0.756. The van der Waals surface area contributed by atoms with Crippen molar-refractivity contribution < 1.29 is 14.6 Å². The second-order valence-corrected chi connectivity index (χ2v) is 6.89. The molecule has 26 heavy (non-hydrogen) atoms. The number of benzene rings is 1. The van der Waals surface area contributed by atoms with E-state index >= 15 is 0 Å². The van der Waals surface area contributed by atoms with Gasteiger partial charge in [-0.15, -0.1) is 0 Å². The summed E-state index contributed by atoms with van der Waals surface area (Å²) >= 11 is 5.86. The first-order valence-electron chi connectivity index (χ1n) is 8.57. The van der Waals surface area contributed by atoms with E-state index in [1.807, 2.05) is 10.7 Å². The van der Waals surface area contributed by atoms with Gasteiger partial charge in [-0.05, 0) is 56.2 Å². The monoisotopic (exact) mass is 375 g/mol. The van der Waals surface area contributed by atoms with E-state index in [2.05, 4.69) is 24.3 Å². The number of aromatic hydroxyl groups is 1. The van der Waals surface area contributed by atoms with Crippen LogP contribution < -0.4 is 10.1 Å². The molecule has 0 saturated heterocycles. The number of nitrogens with zero attached hydrogens (tertiary/aromatic N) is 2. The number of carbonyl (C=O) groups is 1. The standard InChI is InChI=1S/C19H22ClN3O3/c1-12(2)23-17(6-8-22-23)14-9-21-7-5-13(14)11-26-18-4-3-16(20)19(25)15(18)10-24/h3-4,6,8,10,12,21,25H,5,7,9,11H2,1-2H3. The number of carbonyl (C=O) groups excluding carboxylic acids is 1. The van der Waals surface area contributed by atoms with Crippen LogP contribution >= 0.6 is 11.6 Å². The Kier molecular flexibility index (Phi) is 5.64. The van der Waals surface area contributed by atoms with E-state index in [0.717, 1.165) is 36.4 Å². The Bertz CT molecular complexity index is 843. The van der Waals surface area contributed by atoms with E-state index in [4.69, 9.17) is 16.3 Å². The van der Waals surface area contributed by atoms with Crippen molar-refractivity contribution in [3.8, 4) is 11.5 Å². The summed E-state index contributed by atoms with van der Waals surface area (Å²) in [5.41, 5.74) is 3.45. The van der Waals surface area contributed by atoms with Crippen LogP contribution in [-0.4, -0.2) is 40.9 Å². The summed E-state index contributed by atoms with van der Waals surface area (Å²) in [7, 11) is 0. The first-order valence-corrected chi connectivity index (χ1v) is 8.95. The van der Waals surface area contributed by atoms with Gasteiger partial charge in [-0.2, -0.15) is 5.10 Å². The largest absolute Gasteiger partial charge is 0.505 e. The summed E-state index contributed by atoms with van der Waals surface area (Å²) in [5.74, 6) is 0.0706. The van der Waals surface area contributed by atoms with Crippen LogP contribution in [0.25, 0.3) is 5.57 Å². The highest BCUT2D eigenvalue weighted by Crippen LogP contribution is 2.34. The highest BCUT2D eigenvalue weighted by Gasteiger charge is 2.20. The van der Waals surface area contributed by atoms with Gasteiger partial charge in [-0.3, -0.25) is 9.48 Å². The van der Waals surface area contributed by atoms with Crippen LogP contribution in [0.1, 0.15) is 42.4 Å². The van der Waals surface area contributed by atoms with E-state index in [9.17, 15) is 9.90 Å². The maximum Gasteiger partial charge on any atom is 0.157 e. The van der Waals surface area contributed by atoms with E-state index in [1.165, 1.54) is 6.07 Å². The summed E-state index contributed by atoms with van der Waals surface area (Å²) < 4.78 is 7.86. The van der Waals surface area contributed by atoms with Crippen LogP contribution in [0.15, 0.2) is 30.0 Å². The molecule has 0 bridgehead atoms. The topological polar surface area (TPSA) is 76.4 Å². The van der Waals surface area contributed by atoms with Crippen LogP contribution in [0.2, 0.25) is 5.02 Å². The number of aromatic nitrogens is 2. The van der Waals surface area contributed by atoms with Gasteiger partial charge in [0.15, 0.2) is 6.29 Å². The average molecular weight is 376 g/mol. The number of phenols is 1. The molecule has 0 aliphatic carbocycles. The van der Waals surface area contributed by atoms with Gasteiger partial charge in [0.25, 0.3) is 0 Å². The van der Waals surface area contributed by atoms with Gasteiger partial charge in [-0.25, -0.2) is 0 Å². The number of hydrogen-bond donors (Lipinski definition) is 2. The fourth-order valence-electron chi connectivity index (χ4n) is 3.09. The zero-order valence-electron chi connectivity index (χ0n) is 14.8. The lowest BCUT2D eigenvalue weighted by Crippen LogP contribution is -2.27. The van der Waals surface area contributed by atoms with E-state index < -0.39 is 0 Å². The van der Waals surface area contributed by atoms with Gasteiger partial charge in [0.1, 0.15) is 18.1 Å². The predicted octanol–water partition coefficient (Wildman–Crippen LogP) is 3.46. The molecule has 0 fully saturated rings. The zero-order valence-corrected chi connectivity index (χ0v) is 15.6. The zero-order chi connectivity index (χ0) is 18.7. The van der Waals surface area contributed by atoms with Gasteiger partial charge in [0, 0.05) is 18.8 Å². The molecule has 0 radical (unpaired) electrons. The third kappa shape index (κ3) is 3.61. The number of hydrogen-bond acceptors (Lipinski definition) is 5. The number of phenolic OH excluding ortho intramolecular Hbond substituents is 1. The highest BCUT2D eigenvalue weighted by atomic mass is 35.5. The molecule has 0 atom stereocenters. The molecule has 0 amide bonds. The molecule has 0 saturated carbocycles. The molecule has 7 heteroatoms. The third-order valence-electron chi connectivity index (χ3n) is 4.45. The Morgan fingerprint density at radius 2 is 2.23 bits per heavy atom. The SMILES string of the molecule is CC(C)n1nccc1C1=C(COc2ccc(Cl)c(O)c2C=O)CCNC1. The molecule has 3 rings (SSSR count). The number of halogens is 1. The predicted molar refractivity (Wildman–Crippen MR) is 101 cm³/mol. The molecular weight excluding hydrogens is 354 g/mol. The Morgan fingerprint density at radius 3 is 2.96 bits per heavy atom. The molecule has 2 heterocycles. The van der Waals surface area contributed by atoms with E-state index in [-0.39, 0.29) is 22.4 Å². The fourth-order valence-corrected chi connectivity index (χ4v) is 3.26. The summed E-state index contributed by atoms with van der Waals surface area (Å²) in [6.45, 7) is 6.13. The van der Waals surface area contributed by atoms with Crippen LogP contribution in [0, 0.1) is 0 Å². The molecule has 138 valence electrons.